The third-order valence-electron chi connectivity index (χ3n) is 3.54. The molecule has 0 spiro atoms. The van der Waals surface area contributed by atoms with Crippen LogP contribution in [-0.2, 0) is 13.0 Å². The fourth-order valence-electron chi connectivity index (χ4n) is 2.69. The molecule has 4 rings (SSSR count). The van der Waals surface area contributed by atoms with E-state index in [0.717, 1.165) is 31.0 Å². The van der Waals surface area contributed by atoms with E-state index in [1.165, 1.54) is 16.7 Å². The number of nitrogens with zero attached hydrogens (tertiary/aromatic N) is 1. The van der Waals surface area contributed by atoms with Crippen molar-refractivity contribution in [3.63, 3.8) is 0 Å². The van der Waals surface area contributed by atoms with E-state index in [1.54, 1.807) is 0 Å². The van der Waals surface area contributed by atoms with Crippen LogP contribution in [0.2, 0.25) is 0 Å². The van der Waals surface area contributed by atoms with Crippen LogP contribution in [0, 0.1) is 0 Å². The highest BCUT2D eigenvalue weighted by Gasteiger charge is 2.22. The number of benzene rings is 1. The quantitative estimate of drug-likeness (QED) is 0.568. The average molecular weight is 223 g/mol. The van der Waals surface area contributed by atoms with Gasteiger partial charge in [0.25, 0.3) is 0 Å². The Kier molecular flexibility index (Phi) is 1.75. The van der Waals surface area contributed by atoms with Crippen LogP contribution in [0.3, 0.4) is 0 Å². The molecule has 0 atom stereocenters. The molecule has 17 heavy (non-hydrogen) atoms. The summed E-state index contributed by atoms with van der Waals surface area (Å²) in [6.45, 7) is 0.923. The van der Waals surface area contributed by atoms with Crippen LogP contribution >= 0.6 is 0 Å². The normalized spacial score (nSPS) is 15.8. The Morgan fingerprint density at radius 3 is 3.12 bits per heavy atom. The van der Waals surface area contributed by atoms with Gasteiger partial charge in [-0.15, -0.1) is 0 Å². The summed E-state index contributed by atoms with van der Waals surface area (Å²) in [5.41, 5.74) is 3.94. The molecule has 1 aromatic heterocycles. The summed E-state index contributed by atoms with van der Waals surface area (Å²) >= 11 is 0. The van der Waals surface area contributed by atoms with Crippen LogP contribution in [0.5, 0.6) is 11.6 Å². The van der Waals surface area contributed by atoms with Gasteiger partial charge in [-0.3, -0.25) is 0 Å². The smallest absolute Gasteiger partial charge is 0.204 e. The molecular weight excluding hydrogens is 210 g/mol. The average Bonchev–Trinajstić information content (AvgIpc) is 2.73. The van der Waals surface area contributed by atoms with Crippen molar-refractivity contribution in [1.82, 2.24) is 4.57 Å². The first-order valence-corrected chi connectivity index (χ1v) is 6.06. The zero-order valence-electron chi connectivity index (χ0n) is 9.52. The lowest BCUT2D eigenvalue weighted by atomic mass is 10.0. The van der Waals surface area contributed by atoms with Gasteiger partial charge in [0.05, 0.1) is 6.54 Å². The molecule has 0 unspecified atom stereocenters. The van der Waals surface area contributed by atoms with E-state index < -0.39 is 0 Å². The Hall–Kier alpha value is -1.96. The molecule has 1 aliphatic heterocycles. The lowest BCUT2D eigenvalue weighted by molar-refractivity contribution is 0.401. The predicted molar refractivity (Wildman–Crippen MR) is 67.4 cm³/mol. The zero-order valence-corrected chi connectivity index (χ0v) is 9.52. The third-order valence-corrected chi connectivity index (χ3v) is 3.54. The zero-order chi connectivity index (χ0) is 11.2. The number of para-hydroxylation sites is 1. The van der Waals surface area contributed by atoms with E-state index in [1.807, 2.05) is 6.07 Å². The van der Waals surface area contributed by atoms with Crippen LogP contribution in [0.4, 0.5) is 0 Å². The first-order valence-electron chi connectivity index (χ1n) is 6.06. The second-order valence-electron chi connectivity index (χ2n) is 4.65. The maximum absolute atomic E-state index is 6.04. The Bertz CT molecular complexity index is 622. The van der Waals surface area contributed by atoms with Gasteiger partial charge in [-0.1, -0.05) is 30.4 Å². The number of aromatic nitrogens is 1. The summed E-state index contributed by atoms with van der Waals surface area (Å²) < 4.78 is 8.27. The minimum atomic E-state index is 0.923. The molecule has 0 fully saturated rings. The standard InChI is InChI=1S/C15H13NO/c1-3-7-13-11(5-1)9-16-10-12-6-2-4-8-14(12)17-15(13)16/h1-2,4-6,8-9H,3,7,10H2. The molecule has 0 bridgehead atoms. The molecule has 2 heteroatoms. The van der Waals surface area contributed by atoms with Crippen molar-refractivity contribution in [2.75, 3.05) is 0 Å². The molecule has 0 saturated carbocycles. The molecule has 1 aliphatic carbocycles. The Balaban J connectivity index is 1.88. The number of allylic oxidation sites excluding steroid dienone is 1. The van der Waals surface area contributed by atoms with Crippen LogP contribution in [0.1, 0.15) is 23.1 Å². The van der Waals surface area contributed by atoms with E-state index in [-0.39, 0.29) is 0 Å². The molecular formula is C15H13NO. The van der Waals surface area contributed by atoms with Gasteiger partial charge in [0.2, 0.25) is 5.88 Å². The Morgan fingerprint density at radius 1 is 1.18 bits per heavy atom. The minimum Gasteiger partial charge on any atom is -0.440 e. The minimum absolute atomic E-state index is 0.923. The number of fused-ring (bicyclic) bond motifs is 4. The summed E-state index contributed by atoms with van der Waals surface area (Å²) in [7, 11) is 0. The molecule has 2 heterocycles. The summed E-state index contributed by atoms with van der Waals surface area (Å²) in [5, 5.41) is 0. The summed E-state index contributed by atoms with van der Waals surface area (Å²) in [5.74, 6) is 2.05. The van der Waals surface area contributed by atoms with Crippen LogP contribution in [-0.4, -0.2) is 4.57 Å². The molecule has 84 valence electrons. The fraction of sp³-hybridized carbons (Fsp3) is 0.200. The highest BCUT2D eigenvalue weighted by atomic mass is 16.5. The molecule has 0 radical (unpaired) electrons. The van der Waals surface area contributed by atoms with Crippen molar-refractivity contribution in [2.24, 2.45) is 0 Å². The van der Waals surface area contributed by atoms with Crippen LogP contribution in [0.25, 0.3) is 6.08 Å². The van der Waals surface area contributed by atoms with Crippen molar-refractivity contribution >= 4 is 6.08 Å². The number of ether oxygens (including phenoxy) is 1. The number of rotatable bonds is 0. The fourth-order valence-corrected chi connectivity index (χ4v) is 2.69. The van der Waals surface area contributed by atoms with Gasteiger partial charge in [-0.05, 0) is 24.5 Å². The topological polar surface area (TPSA) is 14.2 Å². The summed E-state index contributed by atoms with van der Waals surface area (Å²) in [4.78, 5) is 0. The van der Waals surface area contributed by atoms with Gasteiger partial charge in [0, 0.05) is 17.3 Å². The van der Waals surface area contributed by atoms with Gasteiger partial charge in [-0.2, -0.15) is 0 Å². The molecule has 0 amide bonds. The van der Waals surface area contributed by atoms with Crippen molar-refractivity contribution in [1.29, 1.82) is 0 Å². The number of hydrogen-bond donors (Lipinski definition) is 0. The van der Waals surface area contributed by atoms with E-state index in [2.05, 4.69) is 41.1 Å². The second kappa shape index (κ2) is 3.27. The van der Waals surface area contributed by atoms with E-state index in [9.17, 15) is 0 Å². The highest BCUT2D eigenvalue weighted by Crippen LogP contribution is 2.39. The van der Waals surface area contributed by atoms with Gasteiger partial charge in [0.15, 0.2) is 0 Å². The first-order chi connectivity index (χ1) is 8.42. The second-order valence-corrected chi connectivity index (χ2v) is 4.65. The van der Waals surface area contributed by atoms with Gasteiger partial charge in [0.1, 0.15) is 5.75 Å². The largest absolute Gasteiger partial charge is 0.440 e. The van der Waals surface area contributed by atoms with Gasteiger partial charge in [-0.25, -0.2) is 0 Å². The SMILES string of the molecule is C1=Cc2cn3c(c2CC1)Oc1ccccc1C3. The maximum Gasteiger partial charge on any atom is 0.204 e. The molecule has 1 aromatic carbocycles. The number of hydrogen-bond acceptors (Lipinski definition) is 1. The summed E-state index contributed by atoms with van der Waals surface area (Å²) in [6.07, 6.45) is 8.86. The molecule has 2 nitrogen and oxygen atoms in total. The molecule has 2 aliphatic rings. The van der Waals surface area contributed by atoms with Crippen molar-refractivity contribution in [3.8, 4) is 11.6 Å². The summed E-state index contributed by atoms with van der Waals surface area (Å²) in [6, 6.07) is 8.28. The van der Waals surface area contributed by atoms with Crippen molar-refractivity contribution in [3.05, 3.63) is 53.2 Å². The Morgan fingerprint density at radius 2 is 2.12 bits per heavy atom. The molecule has 0 saturated heterocycles. The predicted octanol–water partition coefficient (Wildman–Crippen LogP) is 3.60. The van der Waals surface area contributed by atoms with Crippen LogP contribution in [0.15, 0.2) is 36.5 Å². The van der Waals surface area contributed by atoms with Gasteiger partial charge >= 0.3 is 0 Å². The van der Waals surface area contributed by atoms with Crippen molar-refractivity contribution in [2.45, 2.75) is 19.4 Å². The molecule has 2 aromatic rings. The third kappa shape index (κ3) is 1.27. The Labute approximate surface area is 100 Å². The maximum atomic E-state index is 6.04. The van der Waals surface area contributed by atoms with Crippen molar-refractivity contribution < 1.29 is 4.74 Å². The monoisotopic (exact) mass is 223 g/mol. The first kappa shape index (κ1) is 9.11. The van der Waals surface area contributed by atoms with E-state index in [4.69, 9.17) is 4.74 Å². The van der Waals surface area contributed by atoms with E-state index >= 15 is 0 Å². The van der Waals surface area contributed by atoms with Gasteiger partial charge < -0.3 is 9.30 Å². The highest BCUT2D eigenvalue weighted by molar-refractivity contribution is 5.61. The molecule has 0 N–H and O–H groups in total. The van der Waals surface area contributed by atoms with E-state index in [0.29, 0.717) is 0 Å². The lowest BCUT2D eigenvalue weighted by Gasteiger charge is -2.20. The lowest BCUT2D eigenvalue weighted by Crippen LogP contribution is -2.09. The van der Waals surface area contributed by atoms with Crippen LogP contribution < -0.4 is 4.74 Å².